The van der Waals surface area contributed by atoms with Crippen molar-refractivity contribution in [1.82, 2.24) is 0 Å². The molecule has 25 heavy (non-hydrogen) atoms. The molecule has 132 valence electrons. The molecule has 0 radical (unpaired) electrons. The van der Waals surface area contributed by atoms with Gasteiger partial charge in [-0.2, -0.15) is 0 Å². The average molecular weight is 356 g/mol. The quantitative estimate of drug-likeness (QED) is 0.670. The molecule has 1 aliphatic rings. The summed E-state index contributed by atoms with van der Waals surface area (Å²) in [7, 11) is 1.65. The fraction of sp³-hybridized carbons (Fsp3) is 0.381. The van der Waals surface area contributed by atoms with E-state index in [0.717, 1.165) is 27.5 Å². The third-order valence-electron chi connectivity index (χ3n) is 4.96. The molecule has 3 nitrogen and oxygen atoms in total. The lowest BCUT2D eigenvalue weighted by Crippen LogP contribution is -2.40. The van der Waals surface area contributed by atoms with E-state index in [2.05, 4.69) is 13.0 Å². The Morgan fingerprint density at radius 1 is 1.20 bits per heavy atom. The monoisotopic (exact) mass is 355 g/mol. The van der Waals surface area contributed by atoms with Crippen molar-refractivity contribution in [3.05, 3.63) is 53.6 Å². The average Bonchev–Trinajstić information content (AvgIpc) is 3.48. The Morgan fingerprint density at radius 2 is 1.88 bits per heavy atom. The standard InChI is InChI=1S/C21H25NO2S/c1-14-5-12-19(25-4)13-20(14)21(23)22(15(2)16-6-7-16)17-8-10-18(24-3)11-9-17/h5,8-13,15-16H,6-7H2,1-4H3. The largest absolute Gasteiger partial charge is 0.497 e. The Kier molecular flexibility index (Phi) is 5.38. The minimum absolute atomic E-state index is 0.0815. The number of nitrogens with zero attached hydrogens (tertiary/aromatic N) is 1. The van der Waals surface area contributed by atoms with Crippen LogP contribution in [0.2, 0.25) is 0 Å². The normalized spacial score (nSPS) is 14.9. The van der Waals surface area contributed by atoms with E-state index in [4.69, 9.17) is 4.74 Å². The summed E-state index contributed by atoms with van der Waals surface area (Å²) in [6, 6.07) is 14.1. The van der Waals surface area contributed by atoms with Crippen molar-refractivity contribution >= 4 is 23.4 Å². The first-order valence-corrected chi connectivity index (χ1v) is 9.90. The van der Waals surface area contributed by atoms with Crippen LogP contribution in [0.25, 0.3) is 0 Å². The molecule has 0 spiro atoms. The molecular weight excluding hydrogens is 330 g/mol. The number of aryl methyl sites for hydroxylation is 1. The number of methoxy groups -OCH3 is 1. The number of anilines is 1. The van der Waals surface area contributed by atoms with E-state index in [0.29, 0.717) is 5.92 Å². The van der Waals surface area contributed by atoms with Gasteiger partial charge in [0, 0.05) is 22.2 Å². The molecule has 4 heteroatoms. The first-order chi connectivity index (χ1) is 12.0. The summed E-state index contributed by atoms with van der Waals surface area (Å²) in [6.07, 6.45) is 4.43. The number of amides is 1. The minimum Gasteiger partial charge on any atom is -0.497 e. The van der Waals surface area contributed by atoms with Gasteiger partial charge in [0.2, 0.25) is 0 Å². The summed E-state index contributed by atoms with van der Waals surface area (Å²) in [6.45, 7) is 4.17. The van der Waals surface area contributed by atoms with Crippen molar-refractivity contribution in [1.29, 1.82) is 0 Å². The second kappa shape index (κ2) is 7.52. The Labute approximate surface area is 154 Å². The van der Waals surface area contributed by atoms with Crippen LogP contribution in [0.4, 0.5) is 5.69 Å². The zero-order valence-electron chi connectivity index (χ0n) is 15.3. The molecule has 3 rings (SSSR count). The Balaban J connectivity index is 2.00. The van der Waals surface area contributed by atoms with Crippen LogP contribution in [-0.4, -0.2) is 25.3 Å². The lowest BCUT2D eigenvalue weighted by atomic mass is 10.0. The summed E-state index contributed by atoms with van der Waals surface area (Å²) in [4.78, 5) is 16.5. The van der Waals surface area contributed by atoms with Crippen molar-refractivity contribution < 1.29 is 9.53 Å². The second-order valence-corrected chi connectivity index (χ2v) is 7.51. The summed E-state index contributed by atoms with van der Waals surface area (Å²) < 4.78 is 5.26. The van der Waals surface area contributed by atoms with Gasteiger partial charge in [0.1, 0.15) is 5.75 Å². The van der Waals surface area contributed by atoms with E-state index in [1.807, 2.05) is 54.5 Å². The number of carbonyl (C=O) groups is 1. The van der Waals surface area contributed by atoms with Crippen molar-refractivity contribution in [3.63, 3.8) is 0 Å². The number of thioether (sulfide) groups is 1. The fourth-order valence-electron chi connectivity index (χ4n) is 3.16. The SMILES string of the molecule is COc1ccc(N(C(=O)c2cc(SC)ccc2C)C(C)C2CC2)cc1. The van der Waals surface area contributed by atoms with Gasteiger partial charge in [-0.05, 0) is 80.8 Å². The highest BCUT2D eigenvalue weighted by molar-refractivity contribution is 7.98. The smallest absolute Gasteiger partial charge is 0.258 e. The Hall–Kier alpha value is -1.94. The molecule has 1 fully saturated rings. The van der Waals surface area contributed by atoms with Gasteiger partial charge in [-0.3, -0.25) is 4.79 Å². The molecule has 1 saturated carbocycles. The molecule has 1 amide bonds. The van der Waals surface area contributed by atoms with Crippen LogP contribution in [0, 0.1) is 12.8 Å². The maximum absolute atomic E-state index is 13.4. The van der Waals surface area contributed by atoms with E-state index >= 15 is 0 Å². The van der Waals surface area contributed by atoms with Crippen LogP contribution < -0.4 is 9.64 Å². The van der Waals surface area contributed by atoms with Gasteiger partial charge in [-0.15, -0.1) is 11.8 Å². The predicted molar refractivity (Wildman–Crippen MR) is 105 cm³/mol. The Morgan fingerprint density at radius 3 is 2.44 bits per heavy atom. The number of rotatable bonds is 6. The maximum Gasteiger partial charge on any atom is 0.258 e. The van der Waals surface area contributed by atoms with Gasteiger partial charge in [-0.25, -0.2) is 0 Å². The molecule has 1 atom stereocenters. The number of hydrogen-bond acceptors (Lipinski definition) is 3. The lowest BCUT2D eigenvalue weighted by Gasteiger charge is -2.30. The molecule has 0 aromatic heterocycles. The first kappa shape index (κ1) is 17.9. The van der Waals surface area contributed by atoms with Gasteiger partial charge in [0.05, 0.1) is 7.11 Å². The van der Waals surface area contributed by atoms with Crippen LogP contribution in [-0.2, 0) is 0 Å². The van der Waals surface area contributed by atoms with Gasteiger partial charge in [-0.1, -0.05) is 6.07 Å². The van der Waals surface area contributed by atoms with Crippen LogP contribution in [0.1, 0.15) is 35.7 Å². The number of ether oxygens (including phenoxy) is 1. The van der Waals surface area contributed by atoms with E-state index in [-0.39, 0.29) is 11.9 Å². The highest BCUT2D eigenvalue weighted by Gasteiger charge is 2.35. The topological polar surface area (TPSA) is 29.5 Å². The number of benzene rings is 2. The van der Waals surface area contributed by atoms with Crippen LogP contribution in [0.5, 0.6) is 5.75 Å². The highest BCUT2D eigenvalue weighted by atomic mass is 32.2. The molecule has 0 bridgehead atoms. The van der Waals surface area contributed by atoms with Crippen molar-refractivity contribution in [2.24, 2.45) is 5.92 Å². The van der Waals surface area contributed by atoms with Crippen LogP contribution in [0.15, 0.2) is 47.4 Å². The van der Waals surface area contributed by atoms with E-state index in [1.54, 1.807) is 18.9 Å². The maximum atomic E-state index is 13.4. The Bertz CT molecular complexity index is 753. The molecule has 1 unspecified atom stereocenters. The third kappa shape index (κ3) is 3.84. The third-order valence-corrected chi connectivity index (χ3v) is 5.68. The zero-order chi connectivity index (χ0) is 18.0. The van der Waals surface area contributed by atoms with Gasteiger partial charge >= 0.3 is 0 Å². The van der Waals surface area contributed by atoms with Crippen molar-refractivity contribution in [2.45, 2.75) is 37.6 Å². The summed E-state index contributed by atoms with van der Waals surface area (Å²) in [5, 5.41) is 0. The molecule has 0 saturated heterocycles. The van der Waals surface area contributed by atoms with Crippen molar-refractivity contribution in [2.75, 3.05) is 18.3 Å². The van der Waals surface area contributed by atoms with Gasteiger partial charge in [0.15, 0.2) is 0 Å². The molecule has 2 aromatic carbocycles. The van der Waals surface area contributed by atoms with E-state index in [9.17, 15) is 4.79 Å². The van der Waals surface area contributed by atoms with E-state index < -0.39 is 0 Å². The van der Waals surface area contributed by atoms with E-state index in [1.165, 1.54) is 12.8 Å². The summed E-state index contributed by atoms with van der Waals surface area (Å²) >= 11 is 1.66. The summed E-state index contributed by atoms with van der Waals surface area (Å²) in [5.74, 6) is 1.48. The molecule has 0 aliphatic heterocycles. The van der Waals surface area contributed by atoms with Crippen molar-refractivity contribution in [3.8, 4) is 5.75 Å². The van der Waals surface area contributed by atoms with Gasteiger partial charge in [0.25, 0.3) is 5.91 Å². The minimum atomic E-state index is 0.0815. The first-order valence-electron chi connectivity index (χ1n) is 8.67. The van der Waals surface area contributed by atoms with Crippen LogP contribution >= 0.6 is 11.8 Å². The molecular formula is C21H25NO2S. The number of carbonyl (C=O) groups excluding carboxylic acids is 1. The second-order valence-electron chi connectivity index (χ2n) is 6.63. The molecule has 2 aromatic rings. The van der Waals surface area contributed by atoms with Crippen LogP contribution in [0.3, 0.4) is 0 Å². The summed E-state index contributed by atoms with van der Waals surface area (Å²) in [5.41, 5.74) is 2.73. The lowest BCUT2D eigenvalue weighted by molar-refractivity contribution is 0.0975. The highest BCUT2D eigenvalue weighted by Crippen LogP contribution is 2.38. The number of hydrogen-bond donors (Lipinski definition) is 0. The molecule has 1 aliphatic carbocycles. The molecule has 0 heterocycles. The predicted octanol–water partition coefficient (Wildman–Crippen LogP) is 5.17. The zero-order valence-corrected chi connectivity index (χ0v) is 16.1. The molecule has 0 N–H and O–H groups in total. The fourth-order valence-corrected chi connectivity index (χ4v) is 3.60. The van der Waals surface area contributed by atoms with Gasteiger partial charge < -0.3 is 9.64 Å².